The van der Waals surface area contributed by atoms with E-state index in [0.717, 1.165) is 0 Å². The fourth-order valence-corrected chi connectivity index (χ4v) is 5.35. The van der Waals surface area contributed by atoms with Crippen molar-refractivity contribution in [2.24, 2.45) is 0 Å². The molecule has 3 heterocycles. The quantitative estimate of drug-likeness (QED) is 0.165. The summed E-state index contributed by atoms with van der Waals surface area (Å²) in [7, 11) is 0. The summed E-state index contributed by atoms with van der Waals surface area (Å²) in [6.07, 6.45) is -10.9. The predicted molar refractivity (Wildman–Crippen MR) is 152 cm³/mol. The average molecular weight is 643 g/mol. The Morgan fingerprint density at radius 1 is 0.778 bits per heavy atom. The van der Waals surface area contributed by atoms with E-state index in [4.69, 9.17) is 23.7 Å². The molecule has 2 fully saturated rings. The summed E-state index contributed by atoms with van der Waals surface area (Å²) in [5.74, 6) is -1.12. The molecule has 0 saturated carbocycles. The van der Waals surface area contributed by atoms with Gasteiger partial charge in [-0.05, 0) is 44.2 Å². The van der Waals surface area contributed by atoms with Crippen molar-refractivity contribution in [2.75, 3.05) is 13.2 Å². The summed E-state index contributed by atoms with van der Waals surface area (Å²) >= 11 is 0. The summed E-state index contributed by atoms with van der Waals surface area (Å²) < 4.78 is 28.3. The third-order valence-corrected chi connectivity index (χ3v) is 8.00. The van der Waals surface area contributed by atoms with Gasteiger partial charge in [-0.25, -0.2) is 4.79 Å². The SMILES string of the molecule is C[C@H]1CCCC(=O)CCC/C=C/c2cc(OC3OC(CO)C(O)C(O)C3O)cc(OC3OC(CO)C(O)C(O)C3O)c2C(=O)O1. The van der Waals surface area contributed by atoms with E-state index in [9.17, 15) is 50.4 Å². The predicted octanol–water partition coefficient (Wildman–Crippen LogP) is -1.47. The van der Waals surface area contributed by atoms with Crippen molar-refractivity contribution in [3.05, 3.63) is 29.3 Å². The monoisotopic (exact) mass is 642 g/mol. The first-order valence-electron chi connectivity index (χ1n) is 15.0. The summed E-state index contributed by atoms with van der Waals surface area (Å²) in [6.45, 7) is 0.238. The van der Waals surface area contributed by atoms with Gasteiger partial charge in [0.15, 0.2) is 0 Å². The van der Waals surface area contributed by atoms with E-state index in [2.05, 4.69) is 0 Å². The molecule has 0 amide bonds. The van der Waals surface area contributed by atoms with Gasteiger partial charge in [0.05, 0.1) is 19.3 Å². The molecule has 0 spiro atoms. The molecule has 4 rings (SSSR count). The zero-order valence-electron chi connectivity index (χ0n) is 24.8. The fourth-order valence-electron chi connectivity index (χ4n) is 5.35. The Labute approximate surface area is 259 Å². The number of cyclic esters (lactones) is 1. The first-order valence-corrected chi connectivity index (χ1v) is 15.0. The van der Waals surface area contributed by atoms with Crippen LogP contribution in [-0.4, -0.2) is 133 Å². The molecule has 11 atom stereocenters. The average Bonchev–Trinajstić information content (AvgIpc) is 3.00. The summed E-state index contributed by atoms with van der Waals surface area (Å²) in [5.41, 5.74) is 0.0432. The fraction of sp³-hybridized carbons (Fsp3) is 0.667. The van der Waals surface area contributed by atoms with Crippen LogP contribution in [0.15, 0.2) is 18.2 Å². The van der Waals surface area contributed by atoms with Gasteiger partial charge in [-0.2, -0.15) is 0 Å². The highest BCUT2D eigenvalue weighted by Crippen LogP contribution is 2.36. The third kappa shape index (κ3) is 8.37. The minimum Gasteiger partial charge on any atom is -0.462 e. The van der Waals surface area contributed by atoms with Crippen LogP contribution < -0.4 is 9.47 Å². The van der Waals surface area contributed by atoms with Crippen molar-refractivity contribution in [1.29, 1.82) is 0 Å². The number of aliphatic hydroxyl groups is 8. The van der Waals surface area contributed by atoms with Crippen LogP contribution in [0.1, 0.15) is 61.4 Å². The van der Waals surface area contributed by atoms with Gasteiger partial charge in [0.1, 0.15) is 71.7 Å². The maximum absolute atomic E-state index is 13.6. The molecule has 15 heteroatoms. The zero-order valence-corrected chi connectivity index (χ0v) is 24.8. The van der Waals surface area contributed by atoms with Crippen molar-refractivity contribution >= 4 is 17.8 Å². The molecule has 0 aromatic heterocycles. The van der Waals surface area contributed by atoms with Gasteiger partial charge in [0.2, 0.25) is 12.6 Å². The number of Topliss-reactive ketones (excluding diaryl/α,β-unsaturated/α-hetero) is 1. The van der Waals surface area contributed by atoms with E-state index >= 15 is 0 Å². The minimum atomic E-state index is -1.82. The van der Waals surface area contributed by atoms with Crippen LogP contribution in [0.25, 0.3) is 6.08 Å². The molecule has 8 N–H and O–H groups in total. The summed E-state index contributed by atoms with van der Waals surface area (Å²) in [4.78, 5) is 25.8. The van der Waals surface area contributed by atoms with Crippen LogP contribution in [-0.2, 0) is 19.0 Å². The Bertz CT molecular complexity index is 1190. The molecule has 2 saturated heterocycles. The number of ketones is 1. The molecular formula is C30H42O15. The number of hydrogen-bond acceptors (Lipinski definition) is 15. The lowest BCUT2D eigenvalue weighted by atomic mass is 9.99. The summed E-state index contributed by atoms with van der Waals surface area (Å²) in [5, 5.41) is 81.3. The zero-order chi connectivity index (χ0) is 32.8. The lowest BCUT2D eigenvalue weighted by molar-refractivity contribution is -0.278. The molecule has 252 valence electrons. The standard InChI is InChI=1S/C30H42O15/c1-14-6-5-9-16(33)8-4-2-3-7-15-10-17(42-29-26(38)24(36)22(34)19(12-31)44-29)11-18(21(15)28(40)41-14)43-30-27(39)25(37)23(35)20(13-32)45-30/h3,7,10-11,14,19-20,22-27,29-32,34-39H,2,4-6,8-9,12-13H2,1H3/b7-3+/t14-,19?,20?,22?,23?,24?,25?,26?,27?,29?,30?/m0/s1. The first kappa shape index (κ1) is 35.2. The van der Waals surface area contributed by atoms with Gasteiger partial charge < -0.3 is 64.5 Å². The number of ether oxygens (including phenoxy) is 5. The van der Waals surface area contributed by atoms with Gasteiger partial charge in [0, 0.05) is 18.9 Å². The van der Waals surface area contributed by atoms with Crippen molar-refractivity contribution in [3.63, 3.8) is 0 Å². The highest BCUT2D eigenvalue weighted by atomic mass is 16.7. The molecule has 0 bridgehead atoms. The van der Waals surface area contributed by atoms with E-state index < -0.39 is 86.7 Å². The van der Waals surface area contributed by atoms with Gasteiger partial charge >= 0.3 is 5.97 Å². The number of rotatable bonds is 6. The van der Waals surface area contributed by atoms with E-state index in [1.165, 1.54) is 12.1 Å². The smallest absolute Gasteiger partial charge is 0.342 e. The van der Waals surface area contributed by atoms with Gasteiger partial charge in [-0.3, -0.25) is 4.79 Å². The maximum Gasteiger partial charge on any atom is 0.342 e. The van der Waals surface area contributed by atoms with Crippen molar-refractivity contribution in [3.8, 4) is 11.5 Å². The molecule has 1 aromatic rings. The Hall–Kier alpha value is -2.70. The van der Waals surface area contributed by atoms with E-state index in [1.54, 1.807) is 19.1 Å². The van der Waals surface area contributed by atoms with Crippen LogP contribution >= 0.6 is 0 Å². The number of aliphatic hydroxyl groups excluding tert-OH is 8. The number of esters is 1. The number of allylic oxidation sites excluding steroid dienone is 1. The lowest BCUT2D eigenvalue weighted by Crippen LogP contribution is -2.60. The molecule has 10 unspecified atom stereocenters. The second-order valence-electron chi connectivity index (χ2n) is 11.5. The van der Waals surface area contributed by atoms with Crippen LogP contribution in [0.4, 0.5) is 0 Å². The highest BCUT2D eigenvalue weighted by molar-refractivity contribution is 5.97. The van der Waals surface area contributed by atoms with Crippen molar-refractivity contribution in [2.45, 2.75) is 113 Å². The van der Waals surface area contributed by atoms with Crippen LogP contribution in [0, 0.1) is 0 Å². The Balaban J connectivity index is 1.76. The van der Waals surface area contributed by atoms with Gasteiger partial charge in [-0.15, -0.1) is 0 Å². The normalized spacial score (nSPS) is 37.6. The molecule has 0 radical (unpaired) electrons. The third-order valence-electron chi connectivity index (χ3n) is 8.00. The van der Waals surface area contributed by atoms with Crippen LogP contribution in [0.2, 0.25) is 0 Å². The topological polar surface area (TPSA) is 242 Å². The van der Waals surface area contributed by atoms with E-state index in [0.29, 0.717) is 38.5 Å². The molecular weight excluding hydrogens is 600 g/mol. The van der Waals surface area contributed by atoms with Crippen LogP contribution in [0.3, 0.4) is 0 Å². The van der Waals surface area contributed by atoms with Crippen molar-refractivity contribution < 1.29 is 74.1 Å². The second-order valence-corrected chi connectivity index (χ2v) is 11.5. The Morgan fingerprint density at radius 2 is 1.36 bits per heavy atom. The second kappa shape index (κ2) is 15.7. The Kier molecular flexibility index (Phi) is 12.3. The molecule has 0 aliphatic carbocycles. The van der Waals surface area contributed by atoms with Crippen molar-refractivity contribution in [1.82, 2.24) is 0 Å². The molecule has 15 nitrogen and oxygen atoms in total. The largest absolute Gasteiger partial charge is 0.462 e. The number of carbonyl (C=O) groups is 2. The van der Waals surface area contributed by atoms with Gasteiger partial charge in [-0.1, -0.05) is 12.2 Å². The van der Waals surface area contributed by atoms with Gasteiger partial charge in [0.25, 0.3) is 0 Å². The Morgan fingerprint density at radius 3 is 1.96 bits per heavy atom. The lowest BCUT2D eigenvalue weighted by Gasteiger charge is -2.40. The maximum atomic E-state index is 13.6. The first-order chi connectivity index (χ1) is 21.4. The molecule has 3 aliphatic heterocycles. The summed E-state index contributed by atoms with van der Waals surface area (Å²) in [6, 6.07) is 2.57. The van der Waals surface area contributed by atoms with E-state index in [1.807, 2.05) is 0 Å². The number of hydrogen-bond donors (Lipinski definition) is 8. The number of fused-ring (bicyclic) bond motifs is 1. The minimum absolute atomic E-state index is 0.0977. The number of benzene rings is 1. The number of carbonyl (C=O) groups excluding carboxylic acids is 2. The molecule has 3 aliphatic rings. The molecule has 1 aromatic carbocycles. The van der Waals surface area contributed by atoms with E-state index in [-0.39, 0.29) is 28.4 Å². The van der Waals surface area contributed by atoms with Crippen LogP contribution in [0.5, 0.6) is 11.5 Å². The highest BCUT2D eigenvalue weighted by Gasteiger charge is 2.46. The molecule has 45 heavy (non-hydrogen) atoms.